The highest BCUT2D eigenvalue weighted by molar-refractivity contribution is 5.66. The second-order valence-corrected chi connectivity index (χ2v) is 5.02. The summed E-state index contributed by atoms with van der Waals surface area (Å²) in [7, 11) is 0. The maximum absolute atomic E-state index is 10.1. The van der Waals surface area contributed by atoms with Crippen molar-refractivity contribution in [3.8, 4) is 0 Å². The Morgan fingerprint density at radius 1 is 0.667 bits per heavy atom. The lowest BCUT2D eigenvalue weighted by Crippen LogP contribution is -1.93. The quantitative estimate of drug-likeness (QED) is 0.202. The van der Waals surface area contributed by atoms with Crippen molar-refractivity contribution in [2.75, 3.05) is 13.1 Å². The first kappa shape index (κ1) is 23.8. The van der Waals surface area contributed by atoms with Gasteiger partial charge in [-0.05, 0) is 36.7 Å². The number of hydrogen-bond acceptors (Lipinski definition) is 4. The Labute approximate surface area is 141 Å². The molecule has 0 aliphatic heterocycles. The molecule has 136 valence electrons. The standard InChI is InChI=1S/2C7H13N3O2/c2*8-10-9-6-4-2-1-3-5-7(11)12/h2*1-6H2,(H,11,12). The van der Waals surface area contributed by atoms with Crippen LogP contribution in [0.1, 0.15) is 64.2 Å². The maximum atomic E-state index is 10.1. The van der Waals surface area contributed by atoms with Crippen molar-refractivity contribution in [2.24, 2.45) is 10.2 Å². The monoisotopic (exact) mass is 342 g/mol. The zero-order chi connectivity index (χ0) is 18.5. The molecule has 0 saturated heterocycles. The fraction of sp³-hybridized carbons (Fsp3) is 0.857. The summed E-state index contributed by atoms with van der Waals surface area (Å²) in [6, 6.07) is 0. The van der Waals surface area contributed by atoms with Crippen LogP contribution >= 0.6 is 0 Å². The van der Waals surface area contributed by atoms with E-state index >= 15 is 0 Å². The Morgan fingerprint density at radius 2 is 1.00 bits per heavy atom. The predicted octanol–water partition coefficient (Wildman–Crippen LogP) is 4.66. The summed E-state index contributed by atoms with van der Waals surface area (Å²) in [5.41, 5.74) is 15.8. The van der Waals surface area contributed by atoms with Gasteiger partial charge in [-0.3, -0.25) is 9.59 Å². The van der Waals surface area contributed by atoms with Crippen LogP contribution in [0, 0.1) is 0 Å². The summed E-state index contributed by atoms with van der Waals surface area (Å²) < 4.78 is 0. The van der Waals surface area contributed by atoms with Gasteiger partial charge in [0.2, 0.25) is 0 Å². The first-order valence-electron chi connectivity index (χ1n) is 8.00. The number of carboxylic acids is 2. The van der Waals surface area contributed by atoms with Crippen LogP contribution in [0.2, 0.25) is 0 Å². The van der Waals surface area contributed by atoms with E-state index in [-0.39, 0.29) is 12.8 Å². The molecule has 0 spiro atoms. The molecule has 0 aromatic rings. The number of aliphatic carboxylic acids is 2. The molecule has 0 unspecified atom stereocenters. The molecule has 0 aromatic heterocycles. The third-order valence-electron chi connectivity index (χ3n) is 2.92. The second-order valence-electron chi connectivity index (χ2n) is 5.02. The van der Waals surface area contributed by atoms with Crippen molar-refractivity contribution in [1.29, 1.82) is 0 Å². The molecule has 0 aromatic carbocycles. The van der Waals surface area contributed by atoms with E-state index in [1.165, 1.54) is 0 Å². The zero-order valence-corrected chi connectivity index (χ0v) is 13.9. The van der Waals surface area contributed by atoms with E-state index in [0.29, 0.717) is 25.9 Å². The molecule has 0 saturated carbocycles. The Hall–Kier alpha value is -2.44. The minimum Gasteiger partial charge on any atom is -0.481 e. The van der Waals surface area contributed by atoms with E-state index in [4.69, 9.17) is 21.3 Å². The van der Waals surface area contributed by atoms with Gasteiger partial charge in [0.15, 0.2) is 0 Å². The molecular weight excluding hydrogens is 316 g/mol. The normalized spacial score (nSPS) is 9.00. The molecule has 0 aliphatic carbocycles. The minimum atomic E-state index is -0.745. The van der Waals surface area contributed by atoms with Gasteiger partial charge in [0, 0.05) is 35.8 Å². The van der Waals surface area contributed by atoms with Gasteiger partial charge >= 0.3 is 11.9 Å². The van der Waals surface area contributed by atoms with Gasteiger partial charge in [0.1, 0.15) is 0 Å². The molecule has 0 bridgehead atoms. The van der Waals surface area contributed by atoms with E-state index < -0.39 is 11.9 Å². The zero-order valence-electron chi connectivity index (χ0n) is 13.9. The fourth-order valence-electron chi connectivity index (χ4n) is 1.71. The number of carbonyl (C=O) groups is 2. The first-order valence-corrected chi connectivity index (χ1v) is 8.00. The summed E-state index contributed by atoms with van der Waals surface area (Å²) in [5, 5.41) is 23.3. The SMILES string of the molecule is [N-]=[N+]=NCCCCCCC(=O)O.[N-]=[N+]=NCCCCCCC(=O)O. The molecule has 0 aliphatic rings. The molecule has 0 radical (unpaired) electrons. The van der Waals surface area contributed by atoms with E-state index in [9.17, 15) is 9.59 Å². The summed E-state index contributed by atoms with van der Waals surface area (Å²) in [4.78, 5) is 25.4. The van der Waals surface area contributed by atoms with E-state index in [1.807, 2.05) is 0 Å². The minimum absolute atomic E-state index is 0.238. The number of hydrogen-bond donors (Lipinski definition) is 2. The van der Waals surface area contributed by atoms with Crippen LogP contribution in [0.25, 0.3) is 20.9 Å². The lowest BCUT2D eigenvalue weighted by molar-refractivity contribution is -0.138. The topological polar surface area (TPSA) is 172 Å². The van der Waals surface area contributed by atoms with Crippen molar-refractivity contribution in [2.45, 2.75) is 64.2 Å². The largest absolute Gasteiger partial charge is 0.481 e. The van der Waals surface area contributed by atoms with Gasteiger partial charge in [-0.25, -0.2) is 0 Å². The summed E-state index contributed by atoms with van der Waals surface area (Å²) in [6.45, 7) is 1.03. The van der Waals surface area contributed by atoms with Gasteiger partial charge in [-0.2, -0.15) is 0 Å². The van der Waals surface area contributed by atoms with Crippen LogP contribution in [0.4, 0.5) is 0 Å². The van der Waals surface area contributed by atoms with Crippen molar-refractivity contribution < 1.29 is 19.8 Å². The molecule has 24 heavy (non-hydrogen) atoms. The molecule has 10 nitrogen and oxygen atoms in total. The highest BCUT2D eigenvalue weighted by atomic mass is 16.4. The van der Waals surface area contributed by atoms with Crippen LogP contribution in [0.15, 0.2) is 10.2 Å². The summed E-state index contributed by atoms with van der Waals surface area (Å²) >= 11 is 0. The first-order chi connectivity index (χ1) is 11.5. The van der Waals surface area contributed by atoms with Crippen LogP contribution in [-0.2, 0) is 9.59 Å². The molecule has 2 N–H and O–H groups in total. The summed E-state index contributed by atoms with van der Waals surface area (Å²) in [5.74, 6) is -1.49. The Bertz CT molecular complexity index is 379. The van der Waals surface area contributed by atoms with Gasteiger partial charge in [-0.1, -0.05) is 35.9 Å². The number of unbranched alkanes of at least 4 members (excludes halogenated alkanes) is 6. The molecule has 10 heteroatoms. The van der Waals surface area contributed by atoms with Gasteiger partial charge in [0.05, 0.1) is 0 Å². The Balaban J connectivity index is 0. The average molecular weight is 342 g/mol. The average Bonchev–Trinajstić information content (AvgIpc) is 2.53. The van der Waals surface area contributed by atoms with Gasteiger partial charge < -0.3 is 10.2 Å². The molecule has 0 atom stereocenters. The highest BCUT2D eigenvalue weighted by Crippen LogP contribution is 2.03. The van der Waals surface area contributed by atoms with Crippen LogP contribution in [0.5, 0.6) is 0 Å². The summed E-state index contributed by atoms with van der Waals surface area (Å²) in [6.07, 6.45) is 7.27. The fourth-order valence-corrected chi connectivity index (χ4v) is 1.71. The van der Waals surface area contributed by atoms with E-state index in [1.54, 1.807) is 0 Å². The third kappa shape index (κ3) is 27.8. The smallest absolute Gasteiger partial charge is 0.303 e. The second kappa shape index (κ2) is 20.6. The van der Waals surface area contributed by atoms with Crippen LogP contribution < -0.4 is 0 Å². The maximum Gasteiger partial charge on any atom is 0.303 e. The van der Waals surface area contributed by atoms with Crippen molar-refractivity contribution in [3.63, 3.8) is 0 Å². The molecule has 0 amide bonds. The van der Waals surface area contributed by atoms with Crippen molar-refractivity contribution >= 4 is 11.9 Å². The lowest BCUT2D eigenvalue weighted by Gasteiger charge is -1.95. The van der Waals surface area contributed by atoms with E-state index in [0.717, 1.165) is 38.5 Å². The lowest BCUT2D eigenvalue weighted by atomic mass is 10.1. The van der Waals surface area contributed by atoms with E-state index in [2.05, 4.69) is 20.1 Å². The molecule has 0 heterocycles. The highest BCUT2D eigenvalue weighted by Gasteiger charge is 1.96. The van der Waals surface area contributed by atoms with Crippen LogP contribution in [0.3, 0.4) is 0 Å². The number of carboxylic acid groups (broad SMARTS) is 2. The van der Waals surface area contributed by atoms with Crippen LogP contribution in [-0.4, -0.2) is 35.2 Å². The van der Waals surface area contributed by atoms with Crippen molar-refractivity contribution in [1.82, 2.24) is 0 Å². The number of rotatable bonds is 14. The van der Waals surface area contributed by atoms with Gasteiger partial charge in [0.25, 0.3) is 0 Å². The third-order valence-corrected chi connectivity index (χ3v) is 2.92. The number of nitrogens with zero attached hydrogens (tertiary/aromatic N) is 6. The Morgan fingerprint density at radius 3 is 1.29 bits per heavy atom. The van der Waals surface area contributed by atoms with Gasteiger partial charge in [-0.15, -0.1) is 0 Å². The number of azide groups is 2. The molecule has 0 rings (SSSR count). The van der Waals surface area contributed by atoms with Crippen molar-refractivity contribution in [3.05, 3.63) is 20.9 Å². The molecular formula is C14H26N6O4. The predicted molar refractivity (Wildman–Crippen MR) is 89.5 cm³/mol. The molecule has 0 fully saturated rings. The Kier molecular flexibility index (Phi) is 20.4.